The first kappa shape index (κ1) is 15.6. The van der Waals surface area contributed by atoms with Gasteiger partial charge in [0.2, 0.25) is 5.91 Å². The van der Waals surface area contributed by atoms with Gasteiger partial charge in [-0.3, -0.25) is 4.79 Å². The molecule has 1 rings (SSSR count). The maximum atomic E-state index is 13.2. The molecule has 1 atom stereocenters. The van der Waals surface area contributed by atoms with Gasteiger partial charge in [-0.2, -0.15) is 0 Å². The molecule has 3 nitrogen and oxygen atoms in total. The third-order valence-electron chi connectivity index (χ3n) is 2.68. The van der Waals surface area contributed by atoms with Crippen molar-refractivity contribution >= 4 is 5.91 Å². The summed E-state index contributed by atoms with van der Waals surface area (Å²) in [5, 5.41) is 6.04. The van der Waals surface area contributed by atoms with E-state index in [1.807, 2.05) is 33.8 Å². The second-order valence-corrected chi connectivity index (χ2v) is 5.69. The monoisotopic (exact) mass is 266 g/mol. The summed E-state index contributed by atoms with van der Waals surface area (Å²) in [5.74, 6) is -0.306. The molecule has 0 radical (unpaired) electrons. The molecule has 106 valence electrons. The van der Waals surface area contributed by atoms with E-state index in [0.29, 0.717) is 0 Å². The van der Waals surface area contributed by atoms with Crippen LogP contribution in [0.3, 0.4) is 0 Å². The molecule has 0 spiro atoms. The molecule has 0 aliphatic heterocycles. The molecular weight excluding hydrogens is 243 g/mol. The number of rotatable bonds is 5. The lowest BCUT2D eigenvalue weighted by Gasteiger charge is -2.22. The average molecular weight is 266 g/mol. The van der Waals surface area contributed by atoms with Crippen LogP contribution >= 0.6 is 0 Å². The Balaban J connectivity index is 2.56. The van der Waals surface area contributed by atoms with Crippen LogP contribution in [0.2, 0.25) is 0 Å². The molecule has 0 aliphatic rings. The van der Waals surface area contributed by atoms with Gasteiger partial charge in [-0.25, -0.2) is 4.39 Å². The van der Waals surface area contributed by atoms with Gasteiger partial charge in [0.25, 0.3) is 0 Å². The zero-order valence-electron chi connectivity index (χ0n) is 12.1. The molecule has 0 aliphatic carbocycles. The normalized spacial score (nSPS) is 13.1. The van der Waals surface area contributed by atoms with E-state index in [4.69, 9.17) is 0 Å². The quantitative estimate of drug-likeness (QED) is 0.860. The number of hydrogen-bond acceptors (Lipinski definition) is 2. The Morgan fingerprint density at radius 3 is 2.58 bits per heavy atom. The van der Waals surface area contributed by atoms with E-state index in [1.165, 1.54) is 12.1 Å². The molecule has 0 bridgehead atoms. The Hall–Kier alpha value is -1.42. The van der Waals surface area contributed by atoms with Crippen molar-refractivity contribution in [2.24, 2.45) is 0 Å². The third kappa shape index (κ3) is 5.83. The van der Waals surface area contributed by atoms with E-state index in [9.17, 15) is 9.18 Å². The predicted octanol–water partition coefficient (Wildman–Crippen LogP) is 2.78. The Bertz CT molecular complexity index is 426. The number of carbonyl (C=O) groups excluding carboxylic acids is 1. The SMILES string of the molecule is CCC(NCC(=O)NC(C)(C)C)c1cccc(F)c1. The molecule has 0 heterocycles. The number of amides is 1. The largest absolute Gasteiger partial charge is 0.350 e. The highest BCUT2D eigenvalue weighted by Gasteiger charge is 2.15. The Kier molecular flexibility index (Phi) is 5.48. The predicted molar refractivity (Wildman–Crippen MR) is 75.3 cm³/mol. The van der Waals surface area contributed by atoms with Gasteiger partial charge < -0.3 is 10.6 Å². The minimum absolute atomic E-state index is 0.0126. The van der Waals surface area contributed by atoms with Crippen molar-refractivity contribution in [3.8, 4) is 0 Å². The summed E-state index contributed by atoms with van der Waals surface area (Å²) in [6.45, 7) is 8.05. The fourth-order valence-corrected chi connectivity index (χ4v) is 1.90. The van der Waals surface area contributed by atoms with E-state index >= 15 is 0 Å². The van der Waals surface area contributed by atoms with Crippen molar-refractivity contribution in [3.63, 3.8) is 0 Å². The van der Waals surface area contributed by atoms with Gasteiger partial charge in [0.05, 0.1) is 6.54 Å². The number of carbonyl (C=O) groups is 1. The lowest BCUT2D eigenvalue weighted by Crippen LogP contribution is -2.45. The Morgan fingerprint density at radius 2 is 2.05 bits per heavy atom. The molecule has 0 aromatic heterocycles. The zero-order valence-corrected chi connectivity index (χ0v) is 12.1. The van der Waals surface area contributed by atoms with E-state index < -0.39 is 0 Å². The molecule has 1 amide bonds. The number of benzene rings is 1. The van der Waals surface area contributed by atoms with Crippen LogP contribution in [-0.4, -0.2) is 18.0 Å². The van der Waals surface area contributed by atoms with Gasteiger partial charge >= 0.3 is 0 Å². The van der Waals surface area contributed by atoms with Crippen LogP contribution in [-0.2, 0) is 4.79 Å². The highest BCUT2D eigenvalue weighted by Crippen LogP contribution is 2.17. The topological polar surface area (TPSA) is 41.1 Å². The Morgan fingerprint density at radius 1 is 1.37 bits per heavy atom. The first-order chi connectivity index (χ1) is 8.81. The molecule has 2 N–H and O–H groups in total. The van der Waals surface area contributed by atoms with Gasteiger partial charge in [-0.1, -0.05) is 19.1 Å². The molecule has 0 fully saturated rings. The molecular formula is C15H23FN2O. The van der Waals surface area contributed by atoms with Crippen LogP contribution in [0.4, 0.5) is 4.39 Å². The minimum Gasteiger partial charge on any atom is -0.350 e. The first-order valence-corrected chi connectivity index (χ1v) is 6.61. The first-order valence-electron chi connectivity index (χ1n) is 6.61. The van der Waals surface area contributed by atoms with Crippen LogP contribution in [0, 0.1) is 5.82 Å². The summed E-state index contributed by atoms with van der Waals surface area (Å²) in [5.41, 5.74) is 0.630. The van der Waals surface area contributed by atoms with Gasteiger partial charge in [0.1, 0.15) is 5.82 Å². The standard InChI is InChI=1S/C15H23FN2O/c1-5-13(11-7-6-8-12(16)9-11)17-10-14(19)18-15(2,3)4/h6-9,13,17H,5,10H2,1-4H3,(H,18,19). The molecule has 0 saturated carbocycles. The number of hydrogen-bond donors (Lipinski definition) is 2. The molecule has 1 aromatic rings. The summed E-state index contributed by atoms with van der Waals surface area (Å²) >= 11 is 0. The molecule has 1 aromatic carbocycles. The maximum absolute atomic E-state index is 13.2. The summed E-state index contributed by atoms with van der Waals surface area (Å²) in [7, 11) is 0. The van der Waals surface area contributed by atoms with E-state index in [0.717, 1.165) is 12.0 Å². The fourth-order valence-electron chi connectivity index (χ4n) is 1.90. The van der Waals surface area contributed by atoms with Crippen molar-refractivity contribution in [2.75, 3.05) is 6.54 Å². The van der Waals surface area contributed by atoms with Crippen LogP contribution in [0.15, 0.2) is 24.3 Å². The zero-order chi connectivity index (χ0) is 14.5. The van der Waals surface area contributed by atoms with Crippen LogP contribution in [0.5, 0.6) is 0 Å². The summed E-state index contributed by atoms with van der Waals surface area (Å²) < 4.78 is 13.2. The van der Waals surface area contributed by atoms with Crippen LogP contribution in [0.1, 0.15) is 45.7 Å². The maximum Gasteiger partial charge on any atom is 0.234 e. The van der Waals surface area contributed by atoms with Crippen molar-refractivity contribution in [1.29, 1.82) is 0 Å². The molecule has 0 saturated heterocycles. The van der Waals surface area contributed by atoms with Gasteiger partial charge in [-0.15, -0.1) is 0 Å². The number of nitrogens with one attached hydrogen (secondary N) is 2. The van der Waals surface area contributed by atoms with Crippen molar-refractivity contribution < 1.29 is 9.18 Å². The van der Waals surface area contributed by atoms with E-state index in [2.05, 4.69) is 10.6 Å². The smallest absolute Gasteiger partial charge is 0.234 e. The average Bonchev–Trinajstić information content (AvgIpc) is 2.27. The lowest BCUT2D eigenvalue weighted by atomic mass is 10.0. The van der Waals surface area contributed by atoms with Crippen LogP contribution in [0.25, 0.3) is 0 Å². The molecule has 4 heteroatoms. The van der Waals surface area contributed by atoms with Gasteiger partial charge in [-0.05, 0) is 44.9 Å². The number of halogens is 1. The van der Waals surface area contributed by atoms with E-state index in [1.54, 1.807) is 6.07 Å². The molecule has 19 heavy (non-hydrogen) atoms. The van der Waals surface area contributed by atoms with Gasteiger partial charge in [0, 0.05) is 11.6 Å². The van der Waals surface area contributed by atoms with E-state index in [-0.39, 0.29) is 29.8 Å². The second-order valence-electron chi connectivity index (χ2n) is 5.69. The molecule has 1 unspecified atom stereocenters. The van der Waals surface area contributed by atoms with Crippen molar-refractivity contribution in [3.05, 3.63) is 35.6 Å². The highest BCUT2D eigenvalue weighted by atomic mass is 19.1. The Labute approximate surface area is 114 Å². The van der Waals surface area contributed by atoms with Crippen molar-refractivity contribution in [1.82, 2.24) is 10.6 Å². The highest BCUT2D eigenvalue weighted by molar-refractivity contribution is 5.78. The summed E-state index contributed by atoms with van der Waals surface area (Å²) in [6, 6.07) is 6.46. The van der Waals surface area contributed by atoms with Gasteiger partial charge in [0.15, 0.2) is 0 Å². The third-order valence-corrected chi connectivity index (χ3v) is 2.68. The minimum atomic E-state index is -0.253. The summed E-state index contributed by atoms with van der Waals surface area (Å²) in [4.78, 5) is 11.7. The van der Waals surface area contributed by atoms with Crippen molar-refractivity contribution in [2.45, 2.75) is 45.7 Å². The summed E-state index contributed by atoms with van der Waals surface area (Å²) in [6.07, 6.45) is 0.798. The lowest BCUT2D eigenvalue weighted by molar-refractivity contribution is -0.121. The second kappa shape index (κ2) is 6.66. The van der Waals surface area contributed by atoms with Crippen LogP contribution < -0.4 is 10.6 Å². The fraction of sp³-hybridized carbons (Fsp3) is 0.533.